The van der Waals surface area contributed by atoms with Crippen molar-refractivity contribution in [1.29, 1.82) is 0 Å². The second-order valence-electron chi connectivity index (χ2n) is 7.46. The van der Waals surface area contributed by atoms with Crippen LogP contribution in [-0.4, -0.2) is 28.1 Å². The van der Waals surface area contributed by atoms with Crippen molar-refractivity contribution in [2.75, 3.05) is 6.54 Å². The molecule has 1 amide bonds. The van der Waals surface area contributed by atoms with E-state index in [2.05, 4.69) is 48.2 Å². The average Bonchev–Trinajstić information content (AvgIpc) is 3.04. The van der Waals surface area contributed by atoms with Crippen molar-refractivity contribution in [3.05, 3.63) is 107 Å². The molecular weight excluding hydrogens is 358 g/mol. The van der Waals surface area contributed by atoms with Gasteiger partial charge in [0.1, 0.15) is 6.17 Å². The lowest BCUT2D eigenvalue weighted by molar-refractivity contribution is -0.128. The van der Waals surface area contributed by atoms with Crippen LogP contribution in [0.5, 0.6) is 0 Å². The highest BCUT2D eigenvalue weighted by atomic mass is 16.2. The van der Waals surface area contributed by atoms with E-state index in [0.29, 0.717) is 13.1 Å². The zero-order valence-electron chi connectivity index (χ0n) is 16.8. The van der Waals surface area contributed by atoms with Gasteiger partial charge in [-0.3, -0.25) is 9.69 Å². The molecule has 4 heteroatoms. The van der Waals surface area contributed by atoms with Gasteiger partial charge in [-0.2, -0.15) is 5.10 Å². The molecule has 0 aromatic heterocycles. The first-order valence-electron chi connectivity index (χ1n) is 9.89. The monoisotopic (exact) mass is 383 g/mol. The van der Waals surface area contributed by atoms with Crippen LogP contribution in [0.15, 0.2) is 90.0 Å². The molecule has 4 rings (SSSR count). The molecule has 1 heterocycles. The first kappa shape index (κ1) is 19.1. The second kappa shape index (κ2) is 8.41. The van der Waals surface area contributed by atoms with Crippen LogP contribution < -0.4 is 0 Å². The SMILES string of the molecule is CC(=NN1C(=O)CN(Cc2ccccc2)[C@H]1c1ccc(C)cc1)c1ccccc1. The van der Waals surface area contributed by atoms with E-state index in [9.17, 15) is 4.79 Å². The Morgan fingerprint density at radius 2 is 1.55 bits per heavy atom. The number of carbonyl (C=O) groups is 1. The van der Waals surface area contributed by atoms with Crippen molar-refractivity contribution in [3.63, 3.8) is 0 Å². The van der Waals surface area contributed by atoms with E-state index in [-0.39, 0.29) is 12.1 Å². The Morgan fingerprint density at radius 3 is 2.21 bits per heavy atom. The second-order valence-corrected chi connectivity index (χ2v) is 7.46. The van der Waals surface area contributed by atoms with E-state index >= 15 is 0 Å². The number of hydrazone groups is 1. The molecule has 0 spiro atoms. The van der Waals surface area contributed by atoms with Crippen molar-refractivity contribution in [3.8, 4) is 0 Å². The van der Waals surface area contributed by atoms with E-state index in [1.807, 2.05) is 55.5 Å². The summed E-state index contributed by atoms with van der Waals surface area (Å²) in [5.41, 5.74) is 5.30. The molecular formula is C25H25N3O. The summed E-state index contributed by atoms with van der Waals surface area (Å²) in [6.45, 7) is 5.07. The van der Waals surface area contributed by atoms with Gasteiger partial charge in [0, 0.05) is 6.54 Å². The summed E-state index contributed by atoms with van der Waals surface area (Å²) in [6, 6.07) is 28.6. The van der Waals surface area contributed by atoms with Gasteiger partial charge in [0.15, 0.2) is 0 Å². The third-order valence-electron chi connectivity index (χ3n) is 5.22. The fraction of sp³-hybridized carbons (Fsp3) is 0.200. The van der Waals surface area contributed by atoms with Crippen molar-refractivity contribution in [2.45, 2.75) is 26.6 Å². The Balaban J connectivity index is 1.70. The first-order chi connectivity index (χ1) is 14.1. The number of benzene rings is 3. The number of nitrogens with zero attached hydrogens (tertiary/aromatic N) is 3. The fourth-order valence-electron chi connectivity index (χ4n) is 3.68. The maximum absolute atomic E-state index is 13.0. The summed E-state index contributed by atoms with van der Waals surface area (Å²) < 4.78 is 0. The highest BCUT2D eigenvalue weighted by Crippen LogP contribution is 2.33. The minimum absolute atomic E-state index is 0.0155. The Labute approximate surface area is 172 Å². The van der Waals surface area contributed by atoms with Crippen LogP contribution in [0.4, 0.5) is 0 Å². The van der Waals surface area contributed by atoms with E-state index in [0.717, 1.165) is 16.8 Å². The van der Waals surface area contributed by atoms with E-state index in [1.54, 1.807) is 5.01 Å². The topological polar surface area (TPSA) is 35.9 Å². The highest BCUT2D eigenvalue weighted by molar-refractivity contribution is 5.99. The molecule has 4 nitrogen and oxygen atoms in total. The molecule has 0 aliphatic carbocycles. The number of hydrogen-bond acceptors (Lipinski definition) is 3. The van der Waals surface area contributed by atoms with Gasteiger partial charge in [0.25, 0.3) is 5.91 Å². The van der Waals surface area contributed by atoms with Crippen molar-refractivity contribution < 1.29 is 4.79 Å². The molecule has 29 heavy (non-hydrogen) atoms. The molecule has 0 bridgehead atoms. The average molecular weight is 383 g/mol. The van der Waals surface area contributed by atoms with E-state index in [1.165, 1.54) is 11.1 Å². The highest BCUT2D eigenvalue weighted by Gasteiger charge is 2.39. The summed E-state index contributed by atoms with van der Waals surface area (Å²) in [5.74, 6) is 0.0155. The van der Waals surface area contributed by atoms with Crippen LogP contribution in [0.3, 0.4) is 0 Å². The molecule has 3 aromatic carbocycles. The lowest BCUT2D eigenvalue weighted by Crippen LogP contribution is -2.29. The Bertz CT molecular complexity index is 997. The summed E-state index contributed by atoms with van der Waals surface area (Å²) in [4.78, 5) is 15.2. The van der Waals surface area contributed by atoms with Gasteiger partial charge in [-0.1, -0.05) is 90.5 Å². The first-order valence-corrected chi connectivity index (χ1v) is 9.89. The van der Waals surface area contributed by atoms with Crippen LogP contribution in [0.1, 0.15) is 35.3 Å². The normalized spacial score (nSPS) is 17.7. The zero-order valence-corrected chi connectivity index (χ0v) is 16.8. The quantitative estimate of drug-likeness (QED) is 0.596. The fourth-order valence-corrected chi connectivity index (χ4v) is 3.68. The number of aryl methyl sites for hydroxylation is 1. The van der Waals surface area contributed by atoms with Gasteiger partial charge in [-0.05, 0) is 30.5 Å². The lowest BCUT2D eigenvalue weighted by atomic mass is 10.1. The Kier molecular flexibility index (Phi) is 5.54. The minimum Gasteiger partial charge on any atom is -0.271 e. The van der Waals surface area contributed by atoms with E-state index < -0.39 is 0 Å². The van der Waals surface area contributed by atoms with Crippen molar-refractivity contribution >= 4 is 11.6 Å². The molecule has 0 saturated carbocycles. The standard InChI is InChI=1S/C25H25N3O/c1-19-13-15-23(16-14-19)25-27(17-21-9-5-3-6-10-21)18-24(29)28(25)26-20(2)22-11-7-4-8-12-22/h3-16,25H,17-18H2,1-2H3/t25-/m1/s1. The van der Waals surface area contributed by atoms with Crippen LogP contribution in [0, 0.1) is 6.92 Å². The van der Waals surface area contributed by atoms with E-state index in [4.69, 9.17) is 5.10 Å². The van der Waals surface area contributed by atoms with Crippen molar-refractivity contribution in [1.82, 2.24) is 9.91 Å². The van der Waals surface area contributed by atoms with Crippen LogP contribution in [0.2, 0.25) is 0 Å². The lowest BCUT2D eigenvalue weighted by Gasteiger charge is -2.28. The van der Waals surface area contributed by atoms with Gasteiger partial charge >= 0.3 is 0 Å². The molecule has 1 fully saturated rings. The number of amides is 1. The Morgan fingerprint density at radius 1 is 0.931 bits per heavy atom. The number of carbonyl (C=O) groups excluding carboxylic acids is 1. The largest absolute Gasteiger partial charge is 0.271 e. The molecule has 1 aliphatic rings. The number of hydrogen-bond donors (Lipinski definition) is 0. The smallest absolute Gasteiger partial charge is 0.258 e. The predicted octanol–water partition coefficient (Wildman–Crippen LogP) is 4.76. The predicted molar refractivity (Wildman–Crippen MR) is 116 cm³/mol. The summed E-state index contributed by atoms with van der Waals surface area (Å²) >= 11 is 0. The maximum Gasteiger partial charge on any atom is 0.258 e. The van der Waals surface area contributed by atoms with Gasteiger partial charge in [0.05, 0.1) is 12.3 Å². The molecule has 3 aromatic rings. The molecule has 146 valence electrons. The van der Waals surface area contributed by atoms with Gasteiger partial charge in [-0.25, -0.2) is 5.01 Å². The summed E-state index contributed by atoms with van der Waals surface area (Å²) in [6.07, 6.45) is -0.220. The van der Waals surface area contributed by atoms with Gasteiger partial charge in [0.2, 0.25) is 0 Å². The molecule has 1 saturated heterocycles. The minimum atomic E-state index is -0.220. The third-order valence-corrected chi connectivity index (χ3v) is 5.22. The summed E-state index contributed by atoms with van der Waals surface area (Å²) in [7, 11) is 0. The van der Waals surface area contributed by atoms with Gasteiger partial charge in [-0.15, -0.1) is 0 Å². The third kappa shape index (κ3) is 4.28. The van der Waals surface area contributed by atoms with Crippen LogP contribution in [-0.2, 0) is 11.3 Å². The zero-order chi connectivity index (χ0) is 20.2. The maximum atomic E-state index is 13.0. The van der Waals surface area contributed by atoms with Crippen LogP contribution in [0.25, 0.3) is 0 Å². The molecule has 0 N–H and O–H groups in total. The van der Waals surface area contributed by atoms with Crippen molar-refractivity contribution in [2.24, 2.45) is 5.10 Å². The molecule has 0 unspecified atom stereocenters. The molecule has 0 radical (unpaired) electrons. The summed E-state index contributed by atoms with van der Waals surface area (Å²) in [5, 5.41) is 6.41. The molecule has 1 aliphatic heterocycles. The van der Waals surface area contributed by atoms with Gasteiger partial charge < -0.3 is 0 Å². The number of rotatable bonds is 5. The molecule has 1 atom stereocenters. The van der Waals surface area contributed by atoms with Crippen LogP contribution >= 0.6 is 0 Å². The Hall–Kier alpha value is -3.24.